The number of nitrogens with one attached hydrogen (secondary N) is 1. The lowest BCUT2D eigenvalue weighted by atomic mass is 9.94. The molecule has 3 N–H and O–H groups in total. The molecule has 1 atom stereocenters. The molecule has 0 saturated carbocycles. The van der Waals surface area contributed by atoms with E-state index in [1.807, 2.05) is 30.3 Å². The standard InChI is InChI=1S/C18H31N3O/c1-5-18(19,6-2)14-20-17(22)16(21(7-3)8-4)15-12-10-9-11-13-15/h9-13,16H,5-8,14,19H2,1-4H3,(H,20,22). The van der Waals surface area contributed by atoms with E-state index >= 15 is 0 Å². The quantitative estimate of drug-likeness (QED) is 0.737. The van der Waals surface area contributed by atoms with E-state index in [0.717, 1.165) is 31.5 Å². The minimum atomic E-state index is -0.319. The maximum atomic E-state index is 12.8. The highest BCUT2D eigenvalue weighted by molar-refractivity contribution is 5.83. The summed E-state index contributed by atoms with van der Waals surface area (Å²) in [5, 5.41) is 3.07. The maximum absolute atomic E-state index is 12.8. The molecule has 4 heteroatoms. The molecular weight excluding hydrogens is 274 g/mol. The van der Waals surface area contributed by atoms with Crippen molar-refractivity contribution in [2.75, 3.05) is 19.6 Å². The van der Waals surface area contributed by atoms with Crippen LogP contribution in [-0.4, -0.2) is 36.0 Å². The number of carbonyl (C=O) groups excluding carboxylic acids is 1. The van der Waals surface area contributed by atoms with Gasteiger partial charge in [0, 0.05) is 12.1 Å². The molecule has 0 fully saturated rings. The van der Waals surface area contributed by atoms with Gasteiger partial charge < -0.3 is 11.1 Å². The van der Waals surface area contributed by atoms with Crippen LogP contribution >= 0.6 is 0 Å². The van der Waals surface area contributed by atoms with Gasteiger partial charge in [0.05, 0.1) is 0 Å². The first-order chi connectivity index (χ1) is 10.5. The summed E-state index contributed by atoms with van der Waals surface area (Å²) in [5.41, 5.74) is 7.00. The molecule has 0 radical (unpaired) electrons. The van der Waals surface area contributed by atoms with Crippen LogP contribution in [0.4, 0.5) is 0 Å². The molecule has 4 nitrogen and oxygen atoms in total. The molecule has 0 spiro atoms. The van der Waals surface area contributed by atoms with Crippen LogP contribution in [-0.2, 0) is 4.79 Å². The minimum Gasteiger partial charge on any atom is -0.353 e. The van der Waals surface area contributed by atoms with Gasteiger partial charge in [-0.25, -0.2) is 0 Å². The third-order valence-electron chi connectivity index (χ3n) is 4.56. The maximum Gasteiger partial charge on any atom is 0.242 e. The molecule has 1 amide bonds. The monoisotopic (exact) mass is 305 g/mol. The van der Waals surface area contributed by atoms with Crippen LogP contribution in [0, 0.1) is 0 Å². The molecule has 0 aliphatic rings. The van der Waals surface area contributed by atoms with Gasteiger partial charge in [-0.3, -0.25) is 9.69 Å². The molecule has 0 heterocycles. The Balaban J connectivity index is 2.90. The van der Waals surface area contributed by atoms with Gasteiger partial charge in [0.25, 0.3) is 0 Å². The van der Waals surface area contributed by atoms with Crippen LogP contribution in [0.1, 0.15) is 52.1 Å². The highest BCUT2D eigenvalue weighted by Crippen LogP contribution is 2.21. The largest absolute Gasteiger partial charge is 0.353 e. The van der Waals surface area contributed by atoms with Crippen LogP contribution in [0.25, 0.3) is 0 Å². The smallest absolute Gasteiger partial charge is 0.242 e. The second-order valence-electron chi connectivity index (χ2n) is 5.82. The molecule has 0 aromatic heterocycles. The van der Waals surface area contributed by atoms with E-state index in [4.69, 9.17) is 5.73 Å². The number of likely N-dealkylation sites (N-methyl/N-ethyl adjacent to an activating group) is 1. The first-order valence-electron chi connectivity index (χ1n) is 8.36. The lowest BCUT2D eigenvalue weighted by molar-refractivity contribution is -0.126. The number of hydrogen-bond acceptors (Lipinski definition) is 3. The second kappa shape index (κ2) is 8.91. The van der Waals surface area contributed by atoms with E-state index in [2.05, 4.69) is 37.9 Å². The summed E-state index contributed by atoms with van der Waals surface area (Å²) in [5.74, 6) is 0.0339. The normalized spacial score (nSPS) is 13.2. The Morgan fingerprint density at radius 1 is 1.14 bits per heavy atom. The Labute approximate surface area is 135 Å². The fraction of sp³-hybridized carbons (Fsp3) is 0.611. The average molecular weight is 305 g/mol. The second-order valence-corrected chi connectivity index (χ2v) is 5.82. The fourth-order valence-corrected chi connectivity index (χ4v) is 2.61. The van der Waals surface area contributed by atoms with Crippen LogP contribution in [0.5, 0.6) is 0 Å². The summed E-state index contributed by atoms with van der Waals surface area (Å²) in [7, 11) is 0. The number of amides is 1. The van der Waals surface area contributed by atoms with Crippen molar-refractivity contribution in [3.63, 3.8) is 0 Å². The Bertz CT molecular complexity index is 439. The molecule has 22 heavy (non-hydrogen) atoms. The molecule has 1 unspecified atom stereocenters. The molecule has 0 aliphatic heterocycles. The van der Waals surface area contributed by atoms with Crippen molar-refractivity contribution in [2.24, 2.45) is 5.73 Å². The summed E-state index contributed by atoms with van der Waals surface area (Å²) >= 11 is 0. The van der Waals surface area contributed by atoms with Crippen LogP contribution < -0.4 is 11.1 Å². The topological polar surface area (TPSA) is 58.4 Å². The first-order valence-corrected chi connectivity index (χ1v) is 8.36. The van der Waals surface area contributed by atoms with Crippen molar-refractivity contribution in [3.05, 3.63) is 35.9 Å². The Kier molecular flexibility index (Phi) is 7.56. The van der Waals surface area contributed by atoms with E-state index in [0.29, 0.717) is 6.54 Å². The average Bonchev–Trinajstić information content (AvgIpc) is 2.57. The lowest BCUT2D eigenvalue weighted by Gasteiger charge is -2.32. The molecule has 1 aromatic carbocycles. The molecule has 0 saturated heterocycles. The van der Waals surface area contributed by atoms with Gasteiger partial charge in [-0.05, 0) is 31.5 Å². The SMILES string of the molecule is CCN(CC)C(C(=O)NCC(N)(CC)CC)c1ccccc1. The minimum absolute atomic E-state index is 0.0339. The molecule has 0 bridgehead atoms. The zero-order chi connectivity index (χ0) is 16.6. The predicted octanol–water partition coefficient (Wildman–Crippen LogP) is 2.70. The van der Waals surface area contributed by atoms with Gasteiger partial charge in [0.1, 0.15) is 6.04 Å². The van der Waals surface area contributed by atoms with Crippen LogP contribution in [0.15, 0.2) is 30.3 Å². The number of rotatable bonds is 9. The van der Waals surface area contributed by atoms with E-state index in [-0.39, 0.29) is 17.5 Å². The molecule has 0 aliphatic carbocycles. The number of hydrogen-bond donors (Lipinski definition) is 2. The third kappa shape index (κ3) is 4.82. The van der Waals surface area contributed by atoms with Gasteiger partial charge in [0.2, 0.25) is 5.91 Å². The van der Waals surface area contributed by atoms with Crippen molar-refractivity contribution >= 4 is 5.91 Å². The van der Waals surface area contributed by atoms with Crippen LogP contribution in [0.2, 0.25) is 0 Å². The summed E-state index contributed by atoms with van der Waals surface area (Å²) < 4.78 is 0. The van der Waals surface area contributed by atoms with Gasteiger partial charge >= 0.3 is 0 Å². The third-order valence-corrected chi connectivity index (χ3v) is 4.56. The lowest BCUT2D eigenvalue weighted by Crippen LogP contribution is -2.51. The first kappa shape index (κ1) is 18.7. The summed E-state index contributed by atoms with van der Waals surface area (Å²) in [4.78, 5) is 14.9. The Morgan fingerprint density at radius 3 is 2.14 bits per heavy atom. The number of nitrogens with two attached hydrogens (primary N) is 1. The van der Waals surface area contributed by atoms with E-state index < -0.39 is 0 Å². The molecule has 1 rings (SSSR count). The number of nitrogens with zero attached hydrogens (tertiary/aromatic N) is 1. The van der Waals surface area contributed by atoms with Gasteiger partial charge in [0.15, 0.2) is 0 Å². The molecule has 1 aromatic rings. The van der Waals surface area contributed by atoms with Gasteiger partial charge in [-0.15, -0.1) is 0 Å². The van der Waals surface area contributed by atoms with Gasteiger partial charge in [-0.2, -0.15) is 0 Å². The summed E-state index contributed by atoms with van der Waals surface area (Å²) in [6.45, 7) is 10.5. The van der Waals surface area contributed by atoms with Crippen molar-refractivity contribution in [1.29, 1.82) is 0 Å². The zero-order valence-electron chi connectivity index (χ0n) is 14.4. The van der Waals surface area contributed by atoms with Crippen molar-refractivity contribution in [3.8, 4) is 0 Å². The fourth-order valence-electron chi connectivity index (χ4n) is 2.61. The number of carbonyl (C=O) groups is 1. The summed E-state index contributed by atoms with van der Waals surface area (Å²) in [6, 6.07) is 9.69. The summed E-state index contributed by atoms with van der Waals surface area (Å²) in [6.07, 6.45) is 1.70. The zero-order valence-corrected chi connectivity index (χ0v) is 14.4. The van der Waals surface area contributed by atoms with Crippen molar-refractivity contribution < 1.29 is 4.79 Å². The predicted molar refractivity (Wildman–Crippen MR) is 92.6 cm³/mol. The Hall–Kier alpha value is -1.39. The van der Waals surface area contributed by atoms with Gasteiger partial charge in [-0.1, -0.05) is 58.0 Å². The highest BCUT2D eigenvalue weighted by Gasteiger charge is 2.28. The Morgan fingerprint density at radius 2 is 1.68 bits per heavy atom. The van der Waals surface area contributed by atoms with Crippen molar-refractivity contribution in [2.45, 2.75) is 52.1 Å². The highest BCUT2D eigenvalue weighted by atomic mass is 16.2. The van der Waals surface area contributed by atoms with E-state index in [9.17, 15) is 4.79 Å². The van der Waals surface area contributed by atoms with Crippen LogP contribution in [0.3, 0.4) is 0 Å². The van der Waals surface area contributed by atoms with E-state index in [1.165, 1.54) is 0 Å². The molecule has 124 valence electrons. The molecular formula is C18H31N3O. The number of benzene rings is 1. The van der Waals surface area contributed by atoms with Crippen molar-refractivity contribution in [1.82, 2.24) is 10.2 Å². The van der Waals surface area contributed by atoms with E-state index in [1.54, 1.807) is 0 Å².